The first-order valence-corrected chi connectivity index (χ1v) is 10.0. The predicted octanol–water partition coefficient (Wildman–Crippen LogP) is 6.33. The Balaban J connectivity index is 0.000000164. The molecule has 2 heterocycles. The van der Waals surface area contributed by atoms with Crippen molar-refractivity contribution in [3.63, 3.8) is 0 Å². The van der Waals surface area contributed by atoms with E-state index in [1.807, 2.05) is 54.6 Å². The van der Waals surface area contributed by atoms with Crippen LogP contribution in [0.3, 0.4) is 0 Å². The van der Waals surface area contributed by atoms with Gasteiger partial charge < -0.3 is 4.57 Å². The second-order valence-electron chi connectivity index (χ2n) is 6.88. The Morgan fingerprint density at radius 1 is 0.594 bits per heavy atom. The third-order valence-corrected chi connectivity index (χ3v) is 4.94. The molecule has 2 aromatic heterocycles. The van der Waals surface area contributed by atoms with Crippen LogP contribution in [0.5, 0.6) is 0 Å². The zero-order chi connectivity index (χ0) is 20.9. The molecule has 0 saturated carbocycles. The molecule has 0 spiro atoms. The molecule has 0 radical (unpaired) electrons. The largest absolute Gasteiger partial charge is 0.358 e. The van der Waals surface area contributed by atoms with E-state index < -0.39 is 0 Å². The van der Waals surface area contributed by atoms with Crippen LogP contribution in [0, 0.1) is 18.2 Å². The smallest absolute Gasteiger partial charge is 0.0748 e. The molecule has 0 aliphatic heterocycles. The number of fused-ring (bicyclic) bond motifs is 3. The van der Waals surface area contributed by atoms with Gasteiger partial charge in [0, 0.05) is 39.0 Å². The van der Waals surface area contributed by atoms with E-state index in [-0.39, 0.29) is 21.1 Å². The maximum Gasteiger partial charge on any atom is 0.0748 e. The van der Waals surface area contributed by atoms with Crippen LogP contribution in [0.25, 0.3) is 38.9 Å². The Morgan fingerprint density at radius 2 is 1.28 bits per heavy atom. The summed E-state index contributed by atoms with van der Waals surface area (Å²) in [6.07, 6.45) is 3.45. The van der Waals surface area contributed by atoms with E-state index in [0.717, 1.165) is 22.6 Å². The quantitative estimate of drug-likeness (QED) is 0.221. The van der Waals surface area contributed by atoms with Crippen LogP contribution in [-0.4, -0.2) is 14.5 Å². The summed E-state index contributed by atoms with van der Waals surface area (Å²) in [6, 6.07) is 41.8. The van der Waals surface area contributed by atoms with Crippen LogP contribution >= 0.6 is 0 Å². The summed E-state index contributed by atoms with van der Waals surface area (Å²) < 4.78 is 2.21. The fourth-order valence-electron chi connectivity index (χ4n) is 3.59. The first-order chi connectivity index (χ1) is 15.4. The summed E-state index contributed by atoms with van der Waals surface area (Å²) in [5, 5.41) is 2.49. The van der Waals surface area contributed by atoms with Gasteiger partial charge in [0.1, 0.15) is 0 Å². The number of benzene rings is 4. The van der Waals surface area contributed by atoms with E-state index >= 15 is 0 Å². The molecular weight excluding hydrogens is 573 g/mol. The van der Waals surface area contributed by atoms with Gasteiger partial charge in [0.15, 0.2) is 0 Å². The van der Waals surface area contributed by atoms with Crippen molar-refractivity contribution in [2.24, 2.45) is 0 Å². The molecule has 0 unspecified atom stereocenters. The van der Waals surface area contributed by atoms with Crippen molar-refractivity contribution in [2.75, 3.05) is 0 Å². The molecule has 0 bridgehead atoms. The number of rotatable bonds is 2. The third-order valence-electron chi connectivity index (χ3n) is 4.94. The molecule has 0 aliphatic carbocycles. The summed E-state index contributed by atoms with van der Waals surface area (Å²) >= 11 is 0. The SMILES string of the molecule is [Pt].[c-]1ccccc1-c1ncccn1.[c-]1ccccc1-n1c2[c-]cccc2c2ccccc21. The van der Waals surface area contributed by atoms with Gasteiger partial charge in [0.25, 0.3) is 0 Å². The minimum Gasteiger partial charge on any atom is -0.358 e. The minimum absolute atomic E-state index is 0. The first kappa shape index (κ1) is 21.7. The van der Waals surface area contributed by atoms with Crippen LogP contribution in [0.1, 0.15) is 0 Å². The Labute approximate surface area is 201 Å². The summed E-state index contributed by atoms with van der Waals surface area (Å²) in [6.45, 7) is 0. The molecular formula is C28H18N3Pt-3. The minimum atomic E-state index is 0. The van der Waals surface area contributed by atoms with Gasteiger partial charge in [-0.1, -0.05) is 29.4 Å². The molecule has 6 aromatic rings. The van der Waals surface area contributed by atoms with Gasteiger partial charge in [-0.25, -0.2) is 0 Å². The number of nitrogens with zero attached hydrogens (tertiary/aromatic N) is 3. The molecule has 3 nitrogen and oxygen atoms in total. The molecule has 0 atom stereocenters. The van der Waals surface area contributed by atoms with Gasteiger partial charge in [-0.15, -0.1) is 47.3 Å². The maximum absolute atomic E-state index is 4.11. The number of aromatic nitrogens is 3. The van der Waals surface area contributed by atoms with Gasteiger partial charge in [0.2, 0.25) is 0 Å². The van der Waals surface area contributed by atoms with Crippen molar-refractivity contribution in [3.05, 3.63) is 128 Å². The van der Waals surface area contributed by atoms with Crippen LogP contribution in [-0.2, 0) is 21.1 Å². The summed E-state index contributed by atoms with van der Waals surface area (Å²) in [5.41, 5.74) is 4.28. The number of hydrogen-bond acceptors (Lipinski definition) is 2. The molecule has 4 heteroatoms. The van der Waals surface area contributed by atoms with Gasteiger partial charge in [-0.2, -0.15) is 48.5 Å². The van der Waals surface area contributed by atoms with Gasteiger partial charge >= 0.3 is 0 Å². The average molecular weight is 592 g/mol. The van der Waals surface area contributed by atoms with E-state index in [2.05, 4.69) is 69.1 Å². The van der Waals surface area contributed by atoms with Gasteiger partial charge in [-0.05, 0) is 17.5 Å². The van der Waals surface area contributed by atoms with Crippen molar-refractivity contribution < 1.29 is 21.1 Å². The normalized spacial score (nSPS) is 10.2. The molecule has 0 amide bonds. The first-order valence-electron chi connectivity index (χ1n) is 10.0. The zero-order valence-electron chi connectivity index (χ0n) is 17.1. The molecule has 158 valence electrons. The molecule has 6 rings (SSSR count). The Bertz CT molecular complexity index is 1320. The van der Waals surface area contributed by atoms with Crippen LogP contribution in [0.4, 0.5) is 0 Å². The van der Waals surface area contributed by atoms with E-state index in [0.29, 0.717) is 0 Å². The van der Waals surface area contributed by atoms with Gasteiger partial charge in [-0.3, -0.25) is 9.97 Å². The molecule has 0 N–H and O–H groups in total. The van der Waals surface area contributed by atoms with Crippen LogP contribution in [0.15, 0.2) is 109 Å². The Hall–Kier alpha value is -3.55. The Kier molecular flexibility index (Phi) is 6.89. The second-order valence-corrected chi connectivity index (χ2v) is 6.88. The van der Waals surface area contributed by atoms with Crippen LogP contribution in [0.2, 0.25) is 0 Å². The van der Waals surface area contributed by atoms with Crippen molar-refractivity contribution in [1.29, 1.82) is 0 Å². The van der Waals surface area contributed by atoms with E-state index in [9.17, 15) is 0 Å². The van der Waals surface area contributed by atoms with E-state index in [1.165, 1.54) is 16.3 Å². The average Bonchev–Trinajstić information content (AvgIpc) is 3.21. The maximum atomic E-state index is 4.11. The molecule has 32 heavy (non-hydrogen) atoms. The monoisotopic (exact) mass is 591 g/mol. The van der Waals surface area contributed by atoms with Crippen molar-refractivity contribution in [1.82, 2.24) is 14.5 Å². The number of para-hydroxylation sites is 3. The van der Waals surface area contributed by atoms with E-state index in [4.69, 9.17) is 0 Å². The summed E-state index contributed by atoms with van der Waals surface area (Å²) in [4.78, 5) is 8.21. The zero-order valence-corrected chi connectivity index (χ0v) is 19.3. The topological polar surface area (TPSA) is 30.7 Å². The Morgan fingerprint density at radius 3 is 2.03 bits per heavy atom. The second kappa shape index (κ2) is 10.2. The molecule has 0 fully saturated rings. The molecule has 4 aromatic carbocycles. The number of hydrogen-bond donors (Lipinski definition) is 0. The van der Waals surface area contributed by atoms with Crippen molar-refractivity contribution in [2.45, 2.75) is 0 Å². The van der Waals surface area contributed by atoms with Crippen molar-refractivity contribution in [3.8, 4) is 17.1 Å². The predicted molar refractivity (Wildman–Crippen MR) is 125 cm³/mol. The molecule has 0 saturated heterocycles. The standard InChI is InChI=1S/C18H11N.C10H7N2.Pt/c1-2-8-14(9-3-1)19-17-12-6-4-10-15(17)16-11-5-7-13-18(16)19;1-2-5-9(6-3-1)10-11-7-4-8-12-10;/h1-8,10-12H;1-5,7-8H;/q-2;-1;. The van der Waals surface area contributed by atoms with Crippen LogP contribution < -0.4 is 0 Å². The van der Waals surface area contributed by atoms with Crippen molar-refractivity contribution >= 4 is 21.8 Å². The third kappa shape index (κ3) is 4.39. The molecule has 0 aliphatic rings. The summed E-state index contributed by atoms with van der Waals surface area (Å²) in [7, 11) is 0. The fraction of sp³-hybridized carbons (Fsp3) is 0. The van der Waals surface area contributed by atoms with Gasteiger partial charge in [0.05, 0.1) is 5.82 Å². The fourth-order valence-corrected chi connectivity index (χ4v) is 3.59. The summed E-state index contributed by atoms with van der Waals surface area (Å²) in [5.74, 6) is 0.720. The van der Waals surface area contributed by atoms with E-state index in [1.54, 1.807) is 18.5 Å².